The minimum atomic E-state index is -3.79. The van der Waals surface area contributed by atoms with Crippen LogP contribution in [0.5, 0.6) is 0 Å². The molecule has 0 heterocycles. The molecule has 124 valence electrons. The van der Waals surface area contributed by atoms with E-state index < -0.39 is 20.5 Å². The number of unbranched alkanes of at least 4 members (excludes halogenated alkanes) is 2. The summed E-state index contributed by atoms with van der Waals surface area (Å²) in [7, 11) is -2.52. The summed E-state index contributed by atoms with van der Waals surface area (Å²) in [6, 6.07) is 6.76. The molecule has 1 amide bonds. The Morgan fingerprint density at radius 1 is 1.18 bits per heavy atom. The smallest absolute Gasteiger partial charge is 0.264 e. The van der Waals surface area contributed by atoms with Gasteiger partial charge in [-0.25, -0.2) is 13.9 Å². The SMILES string of the molecule is CCCCCc1ccc(S(=O)(=O)C(C)(C)C(=O)NOC)cc1. The van der Waals surface area contributed by atoms with Crippen molar-refractivity contribution in [3.8, 4) is 0 Å². The standard InChI is InChI=1S/C16H25NO4S/c1-5-6-7-8-13-9-11-14(12-10-13)22(19,20)16(2,3)15(18)17-21-4/h9-12H,5-8H2,1-4H3,(H,17,18). The molecule has 0 fully saturated rings. The van der Waals surface area contributed by atoms with Gasteiger partial charge in [-0.1, -0.05) is 31.9 Å². The second-order valence-corrected chi connectivity index (χ2v) is 8.25. The molecule has 0 aliphatic heterocycles. The number of nitrogens with one attached hydrogen (secondary N) is 1. The van der Waals surface area contributed by atoms with Gasteiger partial charge >= 0.3 is 0 Å². The summed E-state index contributed by atoms with van der Waals surface area (Å²) in [5.41, 5.74) is 3.19. The van der Waals surface area contributed by atoms with E-state index in [1.54, 1.807) is 12.1 Å². The van der Waals surface area contributed by atoms with Gasteiger partial charge in [0.25, 0.3) is 5.91 Å². The van der Waals surface area contributed by atoms with Crippen molar-refractivity contribution in [1.29, 1.82) is 0 Å². The van der Waals surface area contributed by atoms with E-state index in [1.807, 2.05) is 12.1 Å². The van der Waals surface area contributed by atoms with Crippen LogP contribution in [0.15, 0.2) is 29.2 Å². The van der Waals surface area contributed by atoms with Crippen molar-refractivity contribution < 1.29 is 18.0 Å². The molecule has 0 unspecified atom stereocenters. The minimum Gasteiger partial charge on any atom is -0.277 e. The summed E-state index contributed by atoms with van der Waals surface area (Å²) < 4.78 is 23.6. The normalized spacial score (nSPS) is 12.2. The lowest BCUT2D eigenvalue weighted by atomic mass is 10.1. The first-order valence-electron chi connectivity index (χ1n) is 7.44. The maximum Gasteiger partial charge on any atom is 0.264 e. The largest absolute Gasteiger partial charge is 0.277 e. The maximum atomic E-state index is 12.6. The maximum absolute atomic E-state index is 12.6. The van der Waals surface area contributed by atoms with Crippen molar-refractivity contribution in [2.24, 2.45) is 0 Å². The molecule has 0 spiro atoms. The molecule has 0 radical (unpaired) electrons. The molecule has 5 nitrogen and oxygen atoms in total. The summed E-state index contributed by atoms with van der Waals surface area (Å²) in [4.78, 5) is 16.6. The van der Waals surface area contributed by atoms with Gasteiger partial charge in [0.15, 0.2) is 14.6 Å². The molecule has 0 bridgehead atoms. The van der Waals surface area contributed by atoms with Crippen molar-refractivity contribution >= 4 is 15.7 Å². The van der Waals surface area contributed by atoms with Gasteiger partial charge in [-0.3, -0.25) is 9.63 Å². The number of aryl methyl sites for hydroxylation is 1. The van der Waals surface area contributed by atoms with Crippen molar-refractivity contribution in [2.75, 3.05) is 7.11 Å². The predicted octanol–water partition coefficient (Wildman–Crippen LogP) is 2.65. The van der Waals surface area contributed by atoms with Crippen molar-refractivity contribution in [3.05, 3.63) is 29.8 Å². The van der Waals surface area contributed by atoms with Gasteiger partial charge in [0.1, 0.15) is 0 Å². The van der Waals surface area contributed by atoms with E-state index in [4.69, 9.17) is 0 Å². The molecule has 0 saturated heterocycles. The van der Waals surface area contributed by atoms with Gasteiger partial charge < -0.3 is 0 Å². The van der Waals surface area contributed by atoms with Crippen LogP contribution >= 0.6 is 0 Å². The highest BCUT2D eigenvalue weighted by Crippen LogP contribution is 2.26. The average molecular weight is 327 g/mol. The molecular weight excluding hydrogens is 302 g/mol. The Balaban J connectivity index is 2.96. The molecular formula is C16H25NO4S. The zero-order chi connectivity index (χ0) is 16.8. The molecule has 1 aromatic carbocycles. The van der Waals surface area contributed by atoms with Gasteiger partial charge in [-0.15, -0.1) is 0 Å². The number of hydrogen-bond donors (Lipinski definition) is 1. The Kier molecular flexibility index (Phi) is 6.56. The number of sulfone groups is 1. The van der Waals surface area contributed by atoms with Gasteiger partial charge in [0, 0.05) is 0 Å². The number of hydrogen-bond acceptors (Lipinski definition) is 4. The first kappa shape index (κ1) is 18.6. The highest BCUT2D eigenvalue weighted by Gasteiger charge is 2.42. The number of hydroxylamine groups is 1. The third-order valence-corrected chi connectivity index (χ3v) is 6.14. The second kappa shape index (κ2) is 7.74. The van der Waals surface area contributed by atoms with Crippen LogP contribution in [0.3, 0.4) is 0 Å². The molecule has 1 rings (SSSR count). The molecule has 0 aromatic heterocycles. The van der Waals surface area contributed by atoms with Crippen molar-refractivity contribution in [3.63, 3.8) is 0 Å². The van der Waals surface area contributed by atoms with Gasteiger partial charge in [-0.2, -0.15) is 0 Å². The van der Waals surface area contributed by atoms with Gasteiger partial charge in [0.2, 0.25) is 0 Å². The monoisotopic (exact) mass is 327 g/mol. The number of carbonyl (C=O) groups excluding carboxylic acids is 1. The summed E-state index contributed by atoms with van der Waals surface area (Å²) >= 11 is 0. The quantitative estimate of drug-likeness (QED) is 0.588. The fourth-order valence-corrected chi connectivity index (χ4v) is 3.42. The van der Waals surface area contributed by atoms with E-state index in [0.717, 1.165) is 31.2 Å². The van der Waals surface area contributed by atoms with Crippen LogP contribution in [-0.2, 0) is 25.9 Å². The first-order valence-corrected chi connectivity index (χ1v) is 8.92. The zero-order valence-electron chi connectivity index (χ0n) is 13.7. The lowest BCUT2D eigenvalue weighted by Crippen LogP contribution is -2.47. The predicted molar refractivity (Wildman–Crippen MR) is 86.1 cm³/mol. The topological polar surface area (TPSA) is 72.5 Å². The molecule has 22 heavy (non-hydrogen) atoms. The summed E-state index contributed by atoms with van der Waals surface area (Å²) in [6.45, 7) is 4.88. The number of amides is 1. The van der Waals surface area contributed by atoms with E-state index in [2.05, 4.69) is 17.2 Å². The van der Waals surface area contributed by atoms with Crippen LogP contribution in [0.4, 0.5) is 0 Å². The van der Waals surface area contributed by atoms with E-state index in [-0.39, 0.29) is 4.90 Å². The molecule has 0 atom stereocenters. The van der Waals surface area contributed by atoms with Crippen molar-refractivity contribution in [1.82, 2.24) is 5.48 Å². The number of benzene rings is 1. The summed E-state index contributed by atoms with van der Waals surface area (Å²) in [5.74, 6) is -0.693. The highest BCUT2D eigenvalue weighted by molar-refractivity contribution is 7.93. The molecule has 0 saturated carbocycles. The van der Waals surface area contributed by atoms with E-state index in [0.29, 0.717) is 0 Å². The summed E-state index contributed by atoms with van der Waals surface area (Å²) in [5, 5.41) is 0. The zero-order valence-corrected chi connectivity index (χ0v) is 14.5. The Bertz CT molecular complexity index is 591. The van der Waals surface area contributed by atoms with Gasteiger partial charge in [0.05, 0.1) is 12.0 Å². The Morgan fingerprint density at radius 2 is 1.77 bits per heavy atom. The summed E-state index contributed by atoms with van der Waals surface area (Å²) in [6.07, 6.45) is 4.32. The second-order valence-electron chi connectivity index (χ2n) is 5.75. The van der Waals surface area contributed by atoms with E-state index in [9.17, 15) is 13.2 Å². The Labute approximate surface area is 132 Å². The number of rotatable bonds is 8. The minimum absolute atomic E-state index is 0.142. The van der Waals surface area contributed by atoms with Gasteiger partial charge in [-0.05, 0) is 44.4 Å². The fourth-order valence-electron chi connectivity index (χ4n) is 2.05. The van der Waals surface area contributed by atoms with E-state index >= 15 is 0 Å². The molecule has 1 N–H and O–H groups in total. The third-order valence-electron chi connectivity index (χ3n) is 3.72. The molecule has 0 aliphatic carbocycles. The average Bonchev–Trinajstić information content (AvgIpc) is 2.48. The molecule has 1 aromatic rings. The first-order chi connectivity index (χ1) is 10.3. The van der Waals surface area contributed by atoms with Crippen LogP contribution in [0.25, 0.3) is 0 Å². The third kappa shape index (κ3) is 4.08. The Hall–Kier alpha value is -1.40. The number of carbonyl (C=O) groups is 1. The van der Waals surface area contributed by atoms with Crippen LogP contribution < -0.4 is 5.48 Å². The van der Waals surface area contributed by atoms with E-state index in [1.165, 1.54) is 21.0 Å². The van der Waals surface area contributed by atoms with Crippen LogP contribution in [0, 0.1) is 0 Å². The van der Waals surface area contributed by atoms with Crippen LogP contribution in [0.2, 0.25) is 0 Å². The molecule has 0 aliphatic rings. The van der Waals surface area contributed by atoms with Crippen LogP contribution in [-0.4, -0.2) is 26.2 Å². The van der Waals surface area contributed by atoms with Crippen molar-refractivity contribution in [2.45, 2.75) is 56.1 Å². The fraction of sp³-hybridized carbons (Fsp3) is 0.562. The lowest BCUT2D eigenvalue weighted by molar-refractivity contribution is -0.133. The lowest BCUT2D eigenvalue weighted by Gasteiger charge is -2.23. The highest BCUT2D eigenvalue weighted by atomic mass is 32.2. The Morgan fingerprint density at radius 3 is 2.27 bits per heavy atom. The molecule has 6 heteroatoms. The van der Waals surface area contributed by atoms with Crippen LogP contribution in [0.1, 0.15) is 45.6 Å².